The molecule has 0 bridgehead atoms. The maximum absolute atomic E-state index is 6.60. The zero-order valence-corrected chi connectivity index (χ0v) is 27.6. The SMILES string of the molecule is c1ccc(-c2nc(-c3ccccc3)nc(-c3ccc(-c4ccc5c(c4)sc4ccccc45)cc3-c3cccc4c3oc3ccccc34)n2)cc1. The van der Waals surface area contributed by atoms with Crippen LogP contribution in [0.1, 0.15) is 0 Å². The first-order valence-electron chi connectivity index (χ1n) is 16.6. The average Bonchev–Trinajstić information content (AvgIpc) is 3.76. The summed E-state index contributed by atoms with van der Waals surface area (Å²) in [6.07, 6.45) is 0. The minimum Gasteiger partial charge on any atom is -0.455 e. The largest absolute Gasteiger partial charge is 0.455 e. The van der Waals surface area contributed by atoms with Gasteiger partial charge in [-0.15, -0.1) is 11.3 Å². The lowest BCUT2D eigenvalue weighted by Crippen LogP contribution is -2.01. The van der Waals surface area contributed by atoms with E-state index < -0.39 is 0 Å². The van der Waals surface area contributed by atoms with E-state index in [1.54, 1.807) is 0 Å². The van der Waals surface area contributed by atoms with E-state index in [1.165, 1.54) is 20.2 Å². The highest BCUT2D eigenvalue weighted by Crippen LogP contribution is 2.42. The molecular formula is C45H27N3OS. The van der Waals surface area contributed by atoms with E-state index in [0.29, 0.717) is 17.5 Å². The topological polar surface area (TPSA) is 51.8 Å². The molecule has 0 unspecified atom stereocenters. The van der Waals surface area contributed by atoms with Gasteiger partial charge >= 0.3 is 0 Å². The number of benzene rings is 7. The van der Waals surface area contributed by atoms with Crippen molar-refractivity contribution in [3.63, 3.8) is 0 Å². The molecule has 0 fully saturated rings. The van der Waals surface area contributed by atoms with Crippen molar-refractivity contribution >= 4 is 53.4 Å². The Labute approximate surface area is 292 Å². The number of furan rings is 1. The van der Waals surface area contributed by atoms with Crippen LogP contribution in [0.15, 0.2) is 168 Å². The van der Waals surface area contributed by atoms with Gasteiger partial charge in [0.2, 0.25) is 0 Å². The normalized spacial score (nSPS) is 11.6. The number of fused-ring (bicyclic) bond motifs is 6. The molecule has 5 heteroatoms. The summed E-state index contributed by atoms with van der Waals surface area (Å²) in [5, 5.41) is 4.75. The molecule has 3 heterocycles. The van der Waals surface area contributed by atoms with Crippen molar-refractivity contribution in [3.8, 4) is 56.4 Å². The van der Waals surface area contributed by atoms with Crippen LogP contribution in [-0.2, 0) is 0 Å². The summed E-state index contributed by atoms with van der Waals surface area (Å²) in [5.41, 5.74) is 8.71. The van der Waals surface area contributed by atoms with Crippen LogP contribution in [0.3, 0.4) is 0 Å². The summed E-state index contributed by atoms with van der Waals surface area (Å²) in [5.74, 6) is 1.86. The van der Waals surface area contributed by atoms with Gasteiger partial charge in [0.05, 0.1) is 0 Å². The Morgan fingerprint density at radius 1 is 0.360 bits per heavy atom. The number of nitrogens with zero attached hydrogens (tertiary/aromatic N) is 3. The second kappa shape index (κ2) is 11.6. The Bertz CT molecular complexity index is 2820. The van der Waals surface area contributed by atoms with Crippen molar-refractivity contribution in [2.24, 2.45) is 0 Å². The summed E-state index contributed by atoms with van der Waals surface area (Å²) >= 11 is 1.83. The van der Waals surface area contributed by atoms with Crippen LogP contribution in [0, 0.1) is 0 Å². The van der Waals surface area contributed by atoms with Crippen molar-refractivity contribution < 1.29 is 4.42 Å². The van der Waals surface area contributed by atoms with Gasteiger partial charge in [0, 0.05) is 53.2 Å². The molecule has 10 aromatic rings. The van der Waals surface area contributed by atoms with Crippen molar-refractivity contribution in [1.29, 1.82) is 0 Å². The van der Waals surface area contributed by atoms with Gasteiger partial charge in [0.1, 0.15) is 11.2 Å². The van der Waals surface area contributed by atoms with Crippen LogP contribution in [0.25, 0.3) is 98.5 Å². The van der Waals surface area contributed by atoms with E-state index in [2.05, 4.69) is 91.0 Å². The molecule has 0 aliphatic carbocycles. The first kappa shape index (κ1) is 28.6. The number of hydrogen-bond acceptors (Lipinski definition) is 5. The van der Waals surface area contributed by atoms with Crippen molar-refractivity contribution in [3.05, 3.63) is 164 Å². The van der Waals surface area contributed by atoms with Gasteiger partial charge in [0.15, 0.2) is 17.5 Å². The molecule has 234 valence electrons. The highest BCUT2D eigenvalue weighted by Gasteiger charge is 2.20. The van der Waals surface area contributed by atoms with Gasteiger partial charge in [-0.2, -0.15) is 0 Å². The molecule has 3 aromatic heterocycles. The van der Waals surface area contributed by atoms with Crippen LogP contribution in [0.4, 0.5) is 0 Å². The molecule has 0 saturated carbocycles. The molecule has 0 aliphatic rings. The lowest BCUT2D eigenvalue weighted by Gasteiger charge is -2.14. The van der Waals surface area contributed by atoms with Gasteiger partial charge < -0.3 is 4.42 Å². The van der Waals surface area contributed by atoms with Crippen LogP contribution in [0.5, 0.6) is 0 Å². The van der Waals surface area contributed by atoms with Crippen molar-refractivity contribution in [2.45, 2.75) is 0 Å². The minimum absolute atomic E-state index is 0.604. The highest BCUT2D eigenvalue weighted by atomic mass is 32.1. The molecule has 4 nitrogen and oxygen atoms in total. The summed E-state index contributed by atoms with van der Waals surface area (Å²) in [6, 6.07) is 56.8. The second-order valence-corrected chi connectivity index (χ2v) is 13.5. The van der Waals surface area contributed by atoms with E-state index in [1.807, 2.05) is 84.1 Å². The zero-order chi connectivity index (χ0) is 33.0. The quantitative estimate of drug-likeness (QED) is 0.185. The molecule has 0 aliphatic heterocycles. The molecule has 0 amide bonds. The third-order valence-electron chi connectivity index (χ3n) is 9.37. The first-order chi connectivity index (χ1) is 24.8. The molecule has 0 saturated heterocycles. The van der Waals surface area contributed by atoms with Gasteiger partial charge in [-0.3, -0.25) is 0 Å². The Morgan fingerprint density at radius 3 is 1.74 bits per heavy atom. The molecule has 0 radical (unpaired) electrons. The Hall–Kier alpha value is -6.43. The monoisotopic (exact) mass is 657 g/mol. The fourth-order valence-corrected chi connectivity index (χ4v) is 8.08. The second-order valence-electron chi connectivity index (χ2n) is 12.4. The van der Waals surface area contributed by atoms with E-state index in [-0.39, 0.29) is 0 Å². The number of hydrogen-bond donors (Lipinski definition) is 0. The molecule has 50 heavy (non-hydrogen) atoms. The van der Waals surface area contributed by atoms with Crippen molar-refractivity contribution in [2.75, 3.05) is 0 Å². The minimum atomic E-state index is 0.604. The molecule has 0 atom stereocenters. The van der Waals surface area contributed by atoms with Gasteiger partial charge in [-0.1, -0.05) is 133 Å². The van der Waals surface area contributed by atoms with E-state index in [9.17, 15) is 0 Å². The van der Waals surface area contributed by atoms with E-state index in [0.717, 1.165) is 60.9 Å². The summed E-state index contributed by atoms with van der Waals surface area (Å²) < 4.78 is 9.17. The van der Waals surface area contributed by atoms with Crippen molar-refractivity contribution in [1.82, 2.24) is 15.0 Å². The lowest BCUT2D eigenvalue weighted by molar-refractivity contribution is 0.670. The highest BCUT2D eigenvalue weighted by molar-refractivity contribution is 7.25. The summed E-state index contributed by atoms with van der Waals surface area (Å²) in [4.78, 5) is 15.2. The standard InChI is InChI=1S/C45H27N3OS/c1-3-12-28(13-4-1)43-46-44(29-14-5-2-6-15-29)48-45(47-43)37-25-23-30(31-22-24-34-33-17-8-10-21-40(33)50-41(34)27-31)26-38(37)36-19-11-18-35-32-16-7-9-20-39(32)49-42(35)36/h1-27H. The Kier molecular flexibility index (Phi) is 6.64. The van der Waals surface area contributed by atoms with Crippen LogP contribution in [-0.4, -0.2) is 15.0 Å². The fraction of sp³-hybridized carbons (Fsp3) is 0. The van der Waals surface area contributed by atoms with E-state index in [4.69, 9.17) is 19.4 Å². The van der Waals surface area contributed by atoms with Crippen LogP contribution >= 0.6 is 11.3 Å². The Morgan fingerprint density at radius 2 is 0.960 bits per heavy atom. The lowest BCUT2D eigenvalue weighted by atomic mass is 9.92. The molecule has 0 spiro atoms. The number of aromatic nitrogens is 3. The molecular weight excluding hydrogens is 631 g/mol. The fourth-order valence-electron chi connectivity index (χ4n) is 6.94. The predicted octanol–water partition coefficient (Wildman–Crippen LogP) is 12.5. The number of para-hydroxylation sites is 2. The first-order valence-corrected chi connectivity index (χ1v) is 17.4. The van der Waals surface area contributed by atoms with Crippen LogP contribution in [0.2, 0.25) is 0 Å². The van der Waals surface area contributed by atoms with E-state index >= 15 is 0 Å². The summed E-state index contributed by atoms with van der Waals surface area (Å²) in [7, 11) is 0. The molecule has 10 rings (SSSR count). The van der Waals surface area contributed by atoms with Gasteiger partial charge in [-0.05, 0) is 47.0 Å². The smallest absolute Gasteiger partial charge is 0.164 e. The third-order valence-corrected chi connectivity index (χ3v) is 10.5. The third kappa shape index (κ3) is 4.79. The Balaban J connectivity index is 1.23. The molecule has 0 N–H and O–H groups in total. The van der Waals surface area contributed by atoms with Gasteiger partial charge in [-0.25, -0.2) is 15.0 Å². The maximum atomic E-state index is 6.60. The molecule has 7 aromatic carbocycles. The maximum Gasteiger partial charge on any atom is 0.164 e. The zero-order valence-electron chi connectivity index (χ0n) is 26.7. The summed E-state index contributed by atoms with van der Waals surface area (Å²) in [6.45, 7) is 0. The van der Waals surface area contributed by atoms with Gasteiger partial charge in [0.25, 0.3) is 0 Å². The predicted molar refractivity (Wildman–Crippen MR) is 207 cm³/mol. The average molecular weight is 658 g/mol. The van der Waals surface area contributed by atoms with Crippen LogP contribution < -0.4 is 0 Å². The number of rotatable bonds is 5. The number of thiophene rings is 1.